The first-order chi connectivity index (χ1) is 13.7. The zero-order chi connectivity index (χ0) is 19.8. The third-order valence-corrected chi connectivity index (χ3v) is 7.09. The molecular weight excluding hydrogens is 495 g/mol. The van der Waals surface area contributed by atoms with E-state index < -0.39 is 0 Å². The summed E-state index contributed by atoms with van der Waals surface area (Å²) < 4.78 is 0. The van der Waals surface area contributed by atoms with E-state index in [9.17, 15) is 5.11 Å². The van der Waals surface area contributed by atoms with Crippen molar-refractivity contribution in [1.82, 2.24) is 10.6 Å². The number of anilines is 1. The number of halogens is 1. The second kappa shape index (κ2) is 12.9. The number of hydrogen-bond acceptors (Lipinski definition) is 4. The highest BCUT2D eigenvalue weighted by molar-refractivity contribution is 14.0. The lowest BCUT2D eigenvalue weighted by atomic mass is 9.97. The quantitative estimate of drug-likeness (QED) is 0.283. The van der Waals surface area contributed by atoms with E-state index in [4.69, 9.17) is 4.99 Å². The van der Waals surface area contributed by atoms with Crippen LogP contribution in [-0.2, 0) is 6.54 Å². The number of guanidine groups is 1. The smallest absolute Gasteiger partial charge is 0.191 e. The highest BCUT2D eigenvalue weighted by Crippen LogP contribution is 2.28. The van der Waals surface area contributed by atoms with E-state index in [1.807, 2.05) is 11.8 Å². The van der Waals surface area contributed by atoms with Crippen LogP contribution in [0.4, 0.5) is 5.69 Å². The van der Waals surface area contributed by atoms with Crippen LogP contribution in [0.1, 0.15) is 44.6 Å². The van der Waals surface area contributed by atoms with E-state index in [0.717, 1.165) is 43.7 Å². The molecule has 0 aromatic heterocycles. The molecule has 1 aliphatic heterocycles. The minimum absolute atomic E-state index is 0. The highest BCUT2D eigenvalue weighted by Gasteiger charge is 2.24. The Balaban J connectivity index is 0.00000300. The van der Waals surface area contributed by atoms with Gasteiger partial charge in [0, 0.05) is 43.2 Å². The SMILES string of the molecule is CCNC(=NCc1ccc(N2CCC(CO)CC2)cc1)NC1CCC(SC)C1.I. The van der Waals surface area contributed by atoms with Crippen molar-refractivity contribution >= 4 is 47.4 Å². The lowest BCUT2D eigenvalue weighted by Gasteiger charge is -2.32. The number of benzene rings is 1. The molecule has 1 aliphatic carbocycles. The second-order valence-corrected chi connectivity index (χ2v) is 9.12. The molecule has 0 amide bonds. The Bertz CT molecular complexity index is 620. The van der Waals surface area contributed by atoms with Crippen molar-refractivity contribution in [1.29, 1.82) is 0 Å². The van der Waals surface area contributed by atoms with E-state index in [2.05, 4.69) is 53.0 Å². The Morgan fingerprint density at radius 3 is 2.48 bits per heavy atom. The molecule has 164 valence electrons. The summed E-state index contributed by atoms with van der Waals surface area (Å²) in [5.41, 5.74) is 2.52. The topological polar surface area (TPSA) is 59.9 Å². The lowest BCUT2D eigenvalue weighted by Crippen LogP contribution is -2.42. The molecule has 0 bridgehead atoms. The van der Waals surface area contributed by atoms with Gasteiger partial charge in [0.15, 0.2) is 5.96 Å². The van der Waals surface area contributed by atoms with Crippen LogP contribution in [-0.4, -0.2) is 54.9 Å². The summed E-state index contributed by atoms with van der Waals surface area (Å²) in [6.45, 7) is 6.09. The molecule has 3 N–H and O–H groups in total. The predicted molar refractivity (Wildman–Crippen MR) is 137 cm³/mol. The number of aliphatic hydroxyl groups excluding tert-OH is 1. The fourth-order valence-corrected chi connectivity index (χ4v) is 4.95. The number of piperidine rings is 1. The number of aliphatic imine (C=N–C) groups is 1. The van der Waals surface area contributed by atoms with Gasteiger partial charge in [-0.05, 0) is 68.9 Å². The molecule has 0 radical (unpaired) electrons. The van der Waals surface area contributed by atoms with Gasteiger partial charge in [0.05, 0.1) is 6.54 Å². The van der Waals surface area contributed by atoms with Crippen molar-refractivity contribution in [3.8, 4) is 0 Å². The minimum atomic E-state index is 0. The van der Waals surface area contributed by atoms with E-state index in [1.165, 1.54) is 30.5 Å². The van der Waals surface area contributed by atoms with Crippen LogP contribution in [0.15, 0.2) is 29.3 Å². The molecule has 2 atom stereocenters. The van der Waals surface area contributed by atoms with Crippen molar-refractivity contribution in [3.05, 3.63) is 29.8 Å². The fraction of sp³-hybridized carbons (Fsp3) is 0.682. The third-order valence-electron chi connectivity index (χ3n) is 6.00. The van der Waals surface area contributed by atoms with Crippen LogP contribution >= 0.6 is 35.7 Å². The van der Waals surface area contributed by atoms with Gasteiger partial charge in [-0.1, -0.05) is 12.1 Å². The van der Waals surface area contributed by atoms with Gasteiger partial charge in [-0.25, -0.2) is 4.99 Å². The highest BCUT2D eigenvalue weighted by atomic mass is 127. The number of thioether (sulfide) groups is 1. The predicted octanol–water partition coefficient (Wildman–Crippen LogP) is 3.85. The van der Waals surface area contributed by atoms with Crippen LogP contribution in [0.3, 0.4) is 0 Å². The standard InChI is InChI=1S/C22H36N4OS.HI/c1-3-23-22(25-19-6-9-21(14-19)28-2)24-15-17-4-7-20(8-5-17)26-12-10-18(16-27)11-13-26;/h4-5,7-8,18-19,21,27H,3,6,9-16H2,1-2H3,(H2,23,24,25);1H. The van der Waals surface area contributed by atoms with Crippen LogP contribution in [0.5, 0.6) is 0 Å². The molecule has 1 aromatic carbocycles. The van der Waals surface area contributed by atoms with Crippen LogP contribution in [0.2, 0.25) is 0 Å². The average Bonchev–Trinajstić information content (AvgIpc) is 3.20. The molecule has 29 heavy (non-hydrogen) atoms. The van der Waals surface area contributed by atoms with Crippen LogP contribution in [0, 0.1) is 5.92 Å². The molecule has 1 aromatic rings. The molecule has 1 saturated heterocycles. The summed E-state index contributed by atoms with van der Waals surface area (Å²) in [5.74, 6) is 1.41. The monoisotopic (exact) mass is 532 g/mol. The Labute approximate surface area is 197 Å². The first-order valence-electron chi connectivity index (χ1n) is 10.7. The minimum Gasteiger partial charge on any atom is -0.396 e. The zero-order valence-electron chi connectivity index (χ0n) is 17.8. The summed E-state index contributed by atoms with van der Waals surface area (Å²) in [6, 6.07) is 9.36. The molecule has 5 nitrogen and oxygen atoms in total. The first-order valence-corrected chi connectivity index (χ1v) is 12.0. The molecule has 1 heterocycles. The Morgan fingerprint density at radius 2 is 1.90 bits per heavy atom. The Kier molecular flexibility index (Phi) is 10.9. The van der Waals surface area contributed by atoms with E-state index >= 15 is 0 Å². The lowest BCUT2D eigenvalue weighted by molar-refractivity contribution is 0.203. The maximum absolute atomic E-state index is 9.30. The van der Waals surface area contributed by atoms with Gasteiger partial charge in [0.25, 0.3) is 0 Å². The van der Waals surface area contributed by atoms with Crippen molar-refractivity contribution < 1.29 is 5.11 Å². The van der Waals surface area contributed by atoms with Gasteiger partial charge in [0.1, 0.15) is 0 Å². The van der Waals surface area contributed by atoms with Crippen LogP contribution in [0.25, 0.3) is 0 Å². The third kappa shape index (κ3) is 7.51. The van der Waals surface area contributed by atoms with Gasteiger partial charge in [-0.3, -0.25) is 0 Å². The largest absolute Gasteiger partial charge is 0.396 e. The summed E-state index contributed by atoms with van der Waals surface area (Å²) >= 11 is 1.98. The van der Waals surface area contributed by atoms with Crippen molar-refractivity contribution in [3.63, 3.8) is 0 Å². The van der Waals surface area contributed by atoms with E-state index in [0.29, 0.717) is 25.1 Å². The van der Waals surface area contributed by atoms with E-state index in [1.54, 1.807) is 0 Å². The van der Waals surface area contributed by atoms with Gasteiger partial charge in [-0.2, -0.15) is 11.8 Å². The molecule has 3 rings (SSSR count). The number of nitrogens with zero attached hydrogens (tertiary/aromatic N) is 2. The zero-order valence-corrected chi connectivity index (χ0v) is 20.9. The molecule has 2 unspecified atom stereocenters. The van der Waals surface area contributed by atoms with Crippen molar-refractivity contribution in [2.24, 2.45) is 10.9 Å². The van der Waals surface area contributed by atoms with Crippen LogP contribution < -0.4 is 15.5 Å². The van der Waals surface area contributed by atoms with Gasteiger partial charge in [-0.15, -0.1) is 24.0 Å². The Hall–Kier alpha value is -0.670. The maximum Gasteiger partial charge on any atom is 0.191 e. The first kappa shape index (κ1) is 24.6. The summed E-state index contributed by atoms with van der Waals surface area (Å²) in [7, 11) is 0. The molecule has 7 heteroatoms. The van der Waals surface area contributed by atoms with E-state index in [-0.39, 0.29) is 24.0 Å². The Morgan fingerprint density at radius 1 is 1.17 bits per heavy atom. The summed E-state index contributed by atoms with van der Waals surface area (Å²) in [4.78, 5) is 7.23. The summed E-state index contributed by atoms with van der Waals surface area (Å²) in [6.07, 6.45) is 8.14. The maximum atomic E-state index is 9.30. The molecule has 2 aliphatic rings. The normalized spacial score (nSPS) is 23.0. The van der Waals surface area contributed by atoms with Crippen molar-refractivity contribution in [2.45, 2.75) is 56.9 Å². The fourth-order valence-electron chi connectivity index (χ4n) is 4.15. The summed E-state index contributed by atoms with van der Waals surface area (Å²) in [5, 5.41) is 17.1. The molecule has 0 spiro atoms. The molecular formula is C22H37IN4OS. The number of hydrogen-bond donors (Lipinski definition) is 3. The second-order valence-electron chi connectivity index (χ2n) is 7.99. The van der Waals surface area contributed by atoms with Gasteiger partial charge < -0.3 is 20.6 Å². The average molecular weight is 533 g/mol. The van der Waals surface area contributed by atoms with Gasteiger partial charge in [0.2, 0.25) is 0 Å². The number of nitrogens with one attached hydrogen (secondary N) is 2. The van der Waals surface area contributed by atoms with Gasteiger partial charge >= 0.3 is 0 Å². The number of rotatable bonds is 7. The molecule has 1 saturated carbocycles. The van der Waals surface area contributed by atoms with Crippen molar-refractivity contribution in [2.75, 3.05) is 37.4 Å². The number of aliphatic hydroxyl groups is 1. The molecule has 2 fully saturated rings.